The smallest absolute Gasteiger partial charge is 0.269 e. The zero-order valence-electron chi connectivity index (χ0n) is 18.3. The molecule has 0 unspecified atom stereocenters. The normalized spacial score (nSPS) is 10.5. The second-order valence-corrected chi connectivity index (χ2v) is 9.24. The molecule has 4 aromatic rings. The summed E-state index contributed by atoms with van der Waals surface area (Å²) in [5.74, 6) is 0. The van der Waals surface area contributed by atoms with Gasteiger partial charge in [0, 0.05) is 45.4 Å². The van der Waals surface area contributed by atoms with Crippen LogP contribution in [0.15, 0.2) is 107 Å². The Morgan fingerprint density at radius 1 is 0.543 bits per heavy atom. The first-order valence-electron chi connectivity index (χ1n) is 10.5. The molecule has 35 heavy (non-hydrogen) atoms. The Bertz CT molecular complexity index is 1190. The van der Waals surface area contributed by atoms with E-state index in [0.717, 1.165) is 27.6 Å². The van der Waals surface area contributed by atoms with Gasteiger partial charge in [0.05, 0.1) is 9.85 Å². The Balaban J connectivity index is 1.26. The number of nitrogens with zero attached hydrogens (tertiary/aromatic N) is 2. The van der Waals surface area contributed by atoms with Gasteiger partial charge in [0.25, 0.3) is 11.4 Å². The first kappa shape index (κ1) is 24.1. The van der Waals surface area contributed by atoms with Crippen molar-refractivity contribution in [2.75, 3.05) is 9.44 Å². The van der Waals surface area contributed by atoms with Gasteiger partial charge < -0.3 is 9.44 Å². The van der Waals surface area contributed by atoms with Crippen LogP contribution in [0.2, 0.25) is 0 Å². The molecule has 0 aromatic heterocycles. The van der Waals surface area contributed by atoms with Crippen molar-refractivity contribution < 1.29 is 9.85 Å². The summed E-state index contributed by atoms with van der Waals surface area (Å²) in [6.45, 7) is 0. The Morgan fingerprint density at radius 2 is 0.886 bits per heavy atom. The first-order chi connectivity index (χ1) is 17.0. The van der Waals surface area contributed by atoms with Crippen LogP contribution in [-0.2, 0) is 6.42 Å². The van der Waals surface area contributed by atoms with E-state index in [1.54, 1.807) is 24.3 Å². The summed E-state index contributed by atoms with van der Waals surface area (Å²) in [4.78, 5) is 22.4. The highest BCUT2D eigenvalue weighted by molar-refractivity contribution is 8.00. The zero-order chi connectivity index (χ0) is 24.6. The fourth-order valence-electron chi connectivity index (χ4n) is 3.12. The summed E-state index contributed by atoms with van der Waals surface area (Å²) in [5, 5.41) is 21.5. The van der Waals surface area contributed by atoms with E-state index < -0.39 is 9.85 Å². The lowest BCUT2D eigenvalue weighted by Crippen LogP contribution is -1.92. The molecule has 0 atom stereocenters. The van der Waals surface area contributed by atoms with Crippen molar-refractivity contribution in [3.05, 3.63) is 128 Å². The Hall–Kier alpha value is -4.02. The van der Waals surface area contributed by atoms with Crippen molar-refractivity contribution in [1.82, 2.24) is 0 Å². The van der Waals surface area contributed by atoms with Crippen LogP contribution in [-0.4, -0.2) is 9.85 Å². The number of anilines is 2. The SMILES string of the molecule is O=[N+]([O-])c1ccc(SNc2ccc(Cc3ccc(NSc4ccc([N+](=O)[O-])cc4)cc3)cc2)cc1. The number of hydrogen-bond donors (Lipinski definition) is 2. The second-order valence-electron chi connectivity index (χ2n) is 7.48. The zero-order valence-corrected chi connectivity index (χ0v) is 19.9. The maximum Gasteiger partial charge on any atom is 0.269 e. The van der Waals surface area contributed by atoms with Crippen LogP contribution in [0.4, 0.5) is 22.7 Å². The summed E-state index contributed by atoms with van der Waals surface area (Å²) in [6.07, 6.45) is 0.797. The lowest BCUT2D eigenvalue weighted by atomic mass is 10.0. The maximum absolute atomic E-state index is 10.7. The molecule has 0 spiro atoms. The van der Waals surface area contributed by atoms with E-state index in [1.165, 1.54) is 59.3 Å². The molecular weight excluding hydrogens is 484 g/mol. The van der Waals surface area contributed by atoms with Gasteiger partial charge in [0.2, 0.25) is 0 Å². The third-order valence-electron chi connectivity index (χ3n) is 4.98. The molecule has 0 saturated carbocycles. The van der Waals surface area contributed by atoms with Crippen LogP contribution in [0.3, 0.4) is 0 Å². The number of nitro benzene ring substituents is 2. The van der Waals surface area contributed by atoms with Gasteiger partial charge in [-0.15, -0.1) is 0 Å². The van der Waals surface area contributed by atoms with Crippen molar-refractivity contribution in [2.24, 2.45) is 0 Å². The number of benzene rings is 4. The van der Waals surface area contributed by atoms with Gasteiger partial charge in [-0.3, -0.25) is 20.2 Å². The Kier molecular flexibility index (Phi) is 7.86. The largest absolute Gasteiger partial charge is 0.326 e. The van der Waals surface area contributed by atoms with Gasteiger partial charge in [0.15, 0.2) is 0 Å². The van der Waals surface area contributed by atoms with Gasteiger partial charge in [-0.2, -0.15) is 0 Å². The van der Waals surface area contributed by atoms with Crippen LogP contribution in [0.1, 0.15) is 11.1 Å². The van der Waals surface area contributed by atoms with Crippen molar-refractivity contribution in [3.8, 4) is 0 Å². The predicted molar refractivity (Wildman–Crippen MR) is 141 cm³/mol. The summed E-state index contributed by atoms with van der Waals surface area (Å²) in [5.41, 5.74) is 4.39. The molecule has 0 fully saturated rings. The minimum absolute atomic E-state index is 0.0748. The number of non-ortho nitro benzene ring substituents is 2. The van der Waals surface area contributed by atoms with Gasteiger partial charge in [0.1, 0.15) is 0 Å². The van der Waals surface area contributed by atoms with Crippen molar-refractivity contribution >= 4 is 46.6 Å². The molecule has 2 N–H and O–H groups in total. The van der Waals surface area contributed by atoms with Crippen molar-refractivity contribution in [2.45, 2.75) is 16.2 Å². The molecule has 4 aromatic carbocycles. The Morgan fingerprint density at radius 3 is 1.20 bits per heavy atom. The Labute approximate surface area is 210 Å². The van der Waals surface area contributed by atoms with Gasteiger partial charge in [-0.05, 0) is 90.0 Å². The standard InChI is InChI=1S/C25H20N4O4S2/c30-28(31)22-9-13-24(14-10-22)34-26-20-5-1-18(2-6-20)17-19-3-7-21(8-4-19)27-35-25-15-11-23(12-16-25)29(32)33/h1-16,26-27H,17H2. The summed E-state index contributed by atoms with van der Waals surface area (Å²) < 4.78 is 6.49. The van der Waals surface area contributed by atoms with Gasteiger partial charge in [-0.25, -0.2) is 0 Å². The molecule has 0 bridgehead atoms. The molecule has 0 heterocycles. The van der Waals surface area contributed by atoms with E-state index in [4.69, 9.17) is 0 Å². The molecule has 0 aliphatic carbocycles. The maximum atomic E-state index is 10.7. The fraction of sp³-hybridized carbons (Fsp3) is 0.0400. The average molecular weight is 505 g/mol. The molecule has 0 radical (unpaired) electrons. The van der Waals surface area contributed by atoms with Crippen LogP contribution in [0, 0.1) is 20.2 Å². The lowest BCUT2D eigenvalue weighted by molar-refractivity contribution is -0.385. The van der Waals surface area contributed by atoms with E-state index in [0.29, 0.717) is 0 Å². The first-order valence-corrected chi connectivity index (χ1v) is 12.1. The third-order valence-corrected chi connectivity index (χ3v) is 6.68. The average Bonchev–Trinajstić information content (AvgIpc) is 2.88. The molecule has 0 aliphatic rings. The van der Waals surface area contributed by atoms with E-state index in [2.05, 4.69) is 33.7 Å². The number of nitrogens with one attached hydrogen (secondary N) is 2. The highest BCUT2D eigenvalue weighted by Gasteiger charge is 2.06. The van der Waals surface area contributed by atoms with Crippen molar-refractivity contribution in [3.63, 3.8) is 0 Å². The van der Waals surface area contributed by atoms with Crippen molar-refractivity contribution in [1.29, 1.82) is 0 Å². The number of hydrogen-bond acceptors (Lipinski definition) is 8. The third kappa shape index (κ3) is 6.98. The molecule has 176 valence electrons. The van der Waals surface area contributed by atoms with E-state index >= 15 is 0 Å². The highest BCUT2D eigenvalue weighted by Crippen LogP contribution is 2.26. The van der Waals surface area contributed by atoms with E-state index in [1.807, 2.05) is 24.3 Å². The molecular formula is C25H20N4O4S2. The molecule has 4 rings (SSSR count). The van der Waals surface area contributed by atoms with E-state index in [9.17, 15) is 20.2 Å². The van der Waals surface area contributed by atoms with Crippen LogP contribution >= 0.6 is 23.9 Å². The van der Waals surface area contributed by atoms with Crippen LogP contribution in [0.25, 0.3) is 0 Å². The highest BCUT2D eigenvalue weighted by atomic mass is 32.2. The molecule has 0 aliphatic heterocycles. The molecule has 8 nitrogen and oxygen atoms in total. The molecule has 10 heteroatoms. The number of nitro groups is 2. The fourth-order valence-corrected chi connectivity index (χ4v) is 4.41. The molecule has 0 saturated heterocycles. The van der Waals surface area contributed by atoms with E-state index in [-0.39, 0.29) is 11.4 Å². The number of rotatable bonds is 10. The summed E-state index contributed by atoms with van der Waals surface area (Å²) in [6, 6.07) is 29.1. The molecule has 0 amide bonds. The lowest BCUT2D eigenvalue weighted by Gasteiger charge is -2.08. The monoisotopic (exact) mass is 504 g/mol. The van der Waals surface area contributed by atoms with Crippen LogP contribution in [0.5, 0.6) is 0 Å². The second kappa shape index (κ2) is 11.4. The quantitative estimate of drug-likeness (QED) is 0.131. The topological polar surface area (TPSA) is 110 Å². The summed E-state index contributed by atoms with van der Waals surface area (Å²) >= 11 is 2.80. The van der Waals surface area contributed by atoms with Gasteiger partial charge >= 0.3 is 0 Å². The summed E-state index contributed by atoms with van der Waals surface area (Å²) in [7, 11) is 0. The van der Waals surface area contributed by atoms with Crippen LogP contribution < -0.4 is 9.44 Å². The predicted octanol–water partition coefficient (Wildman–Crippen LogP) is 7.33. The van der Waals surface area contributed by atoms with Gasteiger partial charge in [-0.1, -0.05) is 24.3 Å². The minimum Gasteiger partial charge on any atom is -0.326 e. The minimum atomic E-state index is -0.411.